The van der Waals surface area contributed by atoms with E-state index in [4.69, 9.17) is 14.7 Å². The van der Waals surface area contributed by atoms with E-state index < -0.39 is 34.2 Å². The molecule has 19 nitrogen and oxygen atoms in total. The standard InChI is InChI=1S/C32H34N6O5S.C23H26N6O2/c1-19(2)34-24-10-8-23(9-11-24)30-29-17-33-31-27(14-15-37(31)44(41,42)26-12-6-20(3)7-13-26)38(29)32(35-30)28-16-25(43-22(5)40)18-36(28)21(4)39;1-13(2)26-16-6-4-15(5-7-16)21-20-11-25-22-18(8-9-24-22)29(20)23(27-21)19-10-17(31)12-28(19)14(3)30/h6-15,17,19,25,28,34H,16,18H2,1-5H3;4-9,11,13,17,19,24,26,31H,10,12H2,1-3H3/t25-,28-;17-,19-/m11/s1. The van der Waals surface area contributed by atoms with Crippen molar-refractivity contribution in [3.8, 4) is 22.5 Å². The number of hydrogen-bond donors (Lipinski definition) is 4. The van der Waals surface area contributed by atoms with E-state index in [0.29, 0.717) is 48.0 Å². The number of benzene rings is 3. The van der Waals surface area contributed by atoms with Crippen molar-refractivity contribution in [2.75, 3.05) is 23.7 Å². The minimum Gasteiger partial charge on any atom is -0.461 e. The number of H-pyrrole nitrogens is 1. The highest BCUT2D eigenvalue weighted by molar-refractivity contribution is 7.90. The first-order valence-electron chi connectivity index (χ1n) is 25.0. The molecular weight excluding hydrogens is 973 g/mol. The lowest BCUT2D eigenvalue weighted by Gasteiger charge is -2.22. The number of aliphatic hydroxyl groups is 1. The molecular formula is C55H60N12O7S. The fourth-order valence-corrected chi connectivity index (χ4v) is 11.6. The normalized spacial score (nSPS) is 17.9. The van der Waals surface area contributed by atoms with E-state index in [1.165, 1.54) is 30.9 Å². The number of aromatic amines is 1. The number of anilines is 2. The molecule has 75 heavy (non-hydrogen) atoms. The molecule has 0 bridgehead atoms. The van der Waals surface area contributed by atoms with Gasteiger partial charge in [-0.25, -0.2) is 32.3 Å². The van der Waals surface area contributed by atoms with Crippen LogP contribution in [0, 0.1) is 6.92 Å². The van der Waals surface area contributed by atoms with Crippen molar-refractivity contribution in [1.29, 1.82) is 0 Å². The number of carbonyl (C=O) groups excluding carboxylic acids is 3. The third kappa shape index (κ3) is 9.66. The molecule has 2 amide bonds. The summed E-state index contributed by atoms with van der Waals surface area (Å²) in [5.41, 5.74) is 10.1. The lowest BCUT2D eigenvalue weighted by atomic mass is 10.1. The van der Waals surface area contributed by atoms with Crippen molar-refractivity contribution < 1.29 is 32.6 Å². The van der Waals surface area contributed by atoms with Crippen LogP contribution in [-0.4, -0.2) is 116 Å². The summed E-state index contributed by atoms with van der Waals surface area (Å²) < 4.78 is 38.0. The number of likely N-dealkylation sites (tertiary alicyclic amines) is 2. The van der Waals surface area contributed by atoms with Gasteiger partial charge in [0.15, 0.2) is 11.3 Å². The molecule has 2 fully saturated rings. The molecule has 2 aliphatic rings. The maximum absolute atomic E-state index is 13.7. The van der Waals surface area contributed by atoms with Crippen LogP contribution < -0.4 is 10.6 Å². The minimum absolute atomic E-state index is 0.0664. The van der Waals surface area contributed by atoms with Gasteiger partial charge >= 0.3 is 5.97 Å². The number of nitrogens with one attached hydrogen (secondary N) is 3. The van der Waals surface area contributed by atoms with Crippen LogP contribution in [0.3, 0.4) is 0 Å². The Hall–Kier alpha value is -8.10. The molecule has 388 valence electrons. The second kappa shape index (κ2) is 20.0. The quantitative estimate of drug-likeness (QED) is 0.0896. The molecule has 0 radical (unpaired) electrons. The summed E-state index contributed by atoms with van der Waals surface area (Å²) >= 11 is 0. The lowest BCUT2D eigenvalue weighted by molar-refractivity contribution is -0.146. The van der Waals surface area contributed by atoms with Gasteiger partial charge in [0.25, 0.3) is 10.0 Å². The Bertz CT molecular complexity index is 3730. The summed E-state index contributed by atoms with van der Waals surface area (Å²) in [4.78, 5) is 62.8. The average Bonchev–Trinajstić information content (AvgIpc) is 4.23. The Morgan fingerprint density at radius 2 is 1.21 bits per heavy atom. The van der Waals surface area contributed by atoms with E-state index >= 15 is 0 Å². The van der Waals surface area contributed by atoms with Gasteiger partial charge in [0.05, 0.1) is 75.5 Å². The number of β-amino-alcohol motifs (C(OH)–C–C–N with tert-alkyl or cyclic N) is 1. The Balaban J connectivity index is 0.000000181. The van der Waals surface area contributed by atoms with Crippen molar-refractivity contribution in [3.63, 3.8) is 0 Å². The number of amides is 2. The van der Waals surface area contributed by atoms with Crippen LogP contribution in [0.25, 0.3) is 55.9 Å². The Morgan fingerprint density at radius 3 is 1.76 bits per heavy atom. The summed E-state index contributed by atoms with van der Waals surface area (Å²) in [7, 11) is -3.95. The predicted molar refractivity (Wildman–Crippen MR) is 287 cm³/mol. The van der Waals surface area contributed by atoms with E-state index in [1.54, 1.807) is 46.3 Å². The number of esters is 1. The first kappa shape index (κ1) is 50.4. The third-order valence-corrected chi connectivity index (χ3v) is 15.3. The first-order valence-corrected chi connectivity index (χ1v) is 26.5. The van der Waals surface area contributed by atoms with E-state index in [1.807, 2.05) is 78.3 Å². The summed E-state index contributed by atoms with van der Waals surface area (Å²) in [6.07, 6.45) is 6.52. The van der Waals surface area contributed by atoms with Gasteiger partial charge in [-0.15, -0.1) is 0 Å². The SMILES string of the molecule is CC(=O)N1C[C@H](O)C[C@@H]1c1nc(-c2ccc(NC(C)C)cc2)c2cnc3[nH]ccc3n12.CC(=O)O[C@@H]1C[C@H](c2nc(-c3ccc(NC(C)C)cc3)c3cnc4c(ccn4S(=O)(=O)c4ccc(C)cc4)n23)N(C(C)=O)C1. The molecule has 8 heterocycles. The molecule has 4 N–H and O–H groups in total. The van der Waals surface area contributed by atoms with Crippen LogP contribution in [0.15, 0.2) is 115 Å². The molecule has 4 atom stereocenters. The van der Waals surface area contributed by atoms with Crippen LogP contribution >= 0.6 is 0 Å². The minimum atomic E-state index is -3.95. The van der Waals surface area contributed by atoms with Crippen LogP contribution in [0.2, 0.25) is 0 Å². The van der Waals surface area contributed by atoms with Gasteiger partial charge in [0.1, 0.15) is 17.8 Å². The smallest absolute Gasteiger partial charge is 0.302 e. The van der Waals surface area contributed by atoms with E-state index in [-0.39, 0.29) is 41.0 Å². The Kier molecular flexibility index (Phi) is 13.4. The highest BCUT2D eigenvalue weighted by Gasteiger charge is 2.41. The van der Waals surface area contributed by atoms with E-state index in [9.17, 15) is 27.9 Å². The molecule has 0 spiro atoms. The molecule has 2 saturated heterocycles. The number of aliphatic hydroxyl groups excluding tert-OH is 1. The van der Waals surface area contributed by atoms with Crippen molar-refractivity contribution in [3.05, 3.63) is 127 Å². The van der Waals surface area contributed by atoms with E-state index in [0.717, 1.165) is 56.3 Å². The van der Waals surface area contributed by atoms with Crippen LogP contribution in [0.4, 0.5) is 11.4 Å². The predicted octanol–water partition coefficient (Wildman–Crippen LogP) is 8.29. The molecule has 0 saturated carbocycles. The fourth-order valence-electron chi connectivity index (χ4n) is 10.3. The molecule has 6 aromatic heterocycles. The van der Waals surface area contributed by atoms with Gasteiger partial charge in [-0.05, 0) is 83.1 Å². The van der Waals surface area contributed by atoms with Crippen LogP contribution in [-0.2, 0) is 29.1 Å². The Labute approximate surface area is 433 Å². The number of nitrogens with zero attached hydrogens (tertiary/aromatic N) is 9. The number of aromatic nitrogens is 8. The summed E-state index contributed by atoms with van der Waals surface area (Å²) in [5.74, 6) is 0.600. The molecule has 2 aliphatic heterocycles. The van der Waals surface area contributed by atoms with Crippen LogP contribution in [0.1, 0.15) is 90.6 Å². The van der Waals surface area contributed by atoms with Gasteiger partial charge in [-0.3, -0.25) is 23.2 Å². The topological polar surface area (TPSA) is 226 Å². The van der Waals surface area contributed by atoms with Gasteiger partial charge in [0, 0.05) is 87.1 Å². The zero-order valence-corrected chi connectivity index (χ0v) is 43.8. The first-order chi connectivity index (χ1) is 35.9. The van der Waals surface area contributed by atoms with Crippen molar-refractivity contribution in [2.24, 2.45) is 0 Å². The maximum atomic E-state index is 13.7. The number of rotatable bonds is 11. The number of ether oxygens (including phenoxy) is 1. The maximum Gasteiger partial charge on any atom is 0.302 e. The highest BCUT2D eigenvalue weighted by atomic mass is 32.2. The zero-order valence-electron chi connectivity index (χ0n) is 43.0. The number of aryl methyl sites for hydroxylation is 1. The zero-order chi connectivity index (χ0) is 53.0. The van der Waals surface area contributed by atoms with Crippen molar-refractivity contribution in [2.45, 2.75) is 110 Å². The highest BCUT2D eigenvalue weighted by Crippen LogP contribution is 2.40. The average molecular weight is 1030 g/mol. The largest absolute Gasteiger partial charge is 0.461 e. The molecule has 9 aromatic rings. The molecule has 0 unspecified atom stereocenters. The Morgan fingerprint density at radius 1 is 0.680 bits per heavy atom. The van der Waals surface area contributed by atoms with Gasteiger partial charge in [0.2, 0.25) is 11.8 Å². The van der Waals surface area contributed by atoms with Crippen LogP contribution in [0.5, 0.6) is 0 Å². The second-order valence-electron chi connectivity index (χ2n) is 19.9. The monoisotopic (exact) mass is 1030 g/mol. The fraction of sp³-hybridized carbons (Fsp3) is 0.327. The number of carbonyl (C=O) groups is 3. The molecule has 11 rings (SSSR count). The molecule has 20 heteroatoms. The van der Waals surface area contributed by atoms with Gasteiger partial charge < -0.3 is 35.3 Å². The number of hydrogen-bond acceptors (Lipinski definition) is 13. The molecule has 3 aromatic carbocycles. The van der Waals surface area contributed by atoms with E-state index in [2.05, 4.69) is 57.7 Å². The van der Waals surface area contributed by atoms with Gasteiger partial charge in [-0.1, -0.05) is 42.0 Å². The number of fused-ring (bicyclic) bond motifs is 6. The molecule has 0 aliphatic carbocycles. The summed E-state index contributed by atoms with van der Waals surface area (Å²) in [6.45, 7) is 15.1. The van der Waals surface area contributed by atoms with Gasteiger partial charge in [-0.2, -0.15) is 0 Å². The summed E-state index contributed by atoms with van der Waals surface area (Å²) in [6, 6.07) is 26.2. The summed E-state index contributed by atoms with van der Waals surface area (Å²) in [5, 5.41) is 17.1. The van der Waals surface area contributed by atoms with Crippen molar-refractivity contribution >= 4 is 72.5 Å². The number of imidazole rings is 2. The second-order valence-corrected chi connectivity index (χ2v) is 21.7. The lowest BCUT2D eigenvalue weighted by Crippen LogP contribution is -2.31. The third-order valence-electron chi connectivity index (χ3n) is 13.6. The van der Waals surface area contributed by atoms with Crippen molar-refractivity contribution in [1.82, 2.24) is 47.5 Å².